The number of ketones is 1. The number of carbonyl (C=O) groups excluding carboxylic acids is 1. The van der Waals surface area contributed by atoms with E-state index in [4.69, 9.17) is 0 Å². The van der Waals surface area contributed by atoms with E-state index in [1.54, 1.807) is 0 Å². The van der Waals surface area contributed by atoms with Crippen molar-refractivity contribution in [2.45, 2.75) is 109 Å². The fraction of sp³-hybridized carbons (Fsp3) is 0.968. The van der Waals surface area contributed by atoms with E-state index in [-0.39, 0.29) is 5.41 Å². The van der Waals surface area contributed by atoms with E-state index in [1.807, 2.05) is 0 Å². The van der Waals surface area contributed by atoms with Crippen LogP contribution in [0.2, 0.25) is 0 Å². The van der Waals surface area contributed by atoms with Gasteiger partial charge in [0.25, 0.3) is 0 Å². The molecule has 0 aromatic carbocycles. The Kier molecular flexibility index (Phi) is 5.22. The van der Waals surface area contributed by atoms with E-state index in [2.05, 4.69) is 19.2 Å². The van der Waals surface area contributed by atoms with Gasteiger partial charge in [-0.05, 0) is 149 Å². The number of hydrogen-bond acceptors (Lipinski definition) is 3. The van der Waals surface area contributed by atoms with Crippen LogP contribution >= 0.6 is 0 Å². The van der Waals surface area contributed by atoms with Gasteiger partial charge in [-0.15, -0.1) is 0 Å². The van der Waals surface area contributed by atoms with E-state index < -0.39 is 5.60 Å². The van der Waals surface area contributed by atoms with Crippen LogP contribution in [0.4, 0.5) is 0 Å². The first kappa shape index (κ1) is 22.8. The van der Waals surface area contributed by atoms with E-state index in [0.717, 1.165) is 86.6 Å². The number of hydrogen-bond donors (Lipinski definition) is 2. The topological polar surface area (TPSA) is 49.3 Å². The van der Waals surface area contributed by atoms with Crippen molar-refractivity contribution in [2.24, 2.45) is 64.1 Å². The molecular weight excluding hydrogens is 418 g/mol. The molecule has 0 aliphatic heterocycles. The Morgan fingerprint density at radius 2 is 1.62 bits per heavy atom. The third-order valence-corrected chi connectivity index (χ3v) is 13.8. The highest BCUT2D eigenvalue weighted by Crippen LogP contribution is 2.66. The molecule has 8 fully saturated rings. The van der Waals surface area contributed by atoms with Crippen molar-refractivity contribution in [3.8, 4) is 0 Å². The molecule has 0 aromatic rings. The molecule has 0 unspecified atom stereocenters. The fourth-order valence-corrected chi connectivity index (χ4v) is 12.1. The summed E-state index contributed by atoms with van der Waals surface area (Å²) in [4.78, 5) is 12.7. The summed E-state index contributed by atoms with van der Waals surface area (Å²) in [6.45, 7) is 6.84. The highest BCUT2D eigenvalue weighted by Gasteiger charge is 2.61. The molecular formula is C31H49NO2. The Morgan fingerprint density at radius 1 is 0.882 bits per heavy atom. The second-order valence-corrected chi connectivity index (χ2v) is 15.2. The van der Waals surface area contributed by atoms with Gasteiger partial charge in [-0.2, -0.15) is 0 Å². The molecule has 0 saturated heterocycles. The zero-order valence-corrected chi connectivity index (χ0v) is 21.9. The highest BCUT2D eigenvalue weighted by atomic mass is 16.3. The minimum absolute atomic E-state index is 0.0123. The van der Waals surface area contributed by atoms with Crippen LogP contribution in [0.1, 0.15) is 104 Å². The number of fused-ring (bicyclic) bond motifs is 5. The van der Waals surface area contributed by atoms with E-state index in [9.17, 15) is 9.90 Å². The minimum Gasteiger partial charge on any atom is -0.389 e. The molecule has 4 bridgehead atoms. The summed E-state index contributed by atoms with van der Waals surface area (Å²) in [5, 5.41) is 15.6. The third kappa shape index (κ3) is 3.30. The normalized spacial score (nSPS) is 57.9. The molecule has 190 valence electrons. The molecule has 0 heterocycles. The van der Waals surface area contributed by atoms with Gasteiger partial charge in [-0.3, -0.25) is 4.79 Å². The lowest BCUT2D eigenvalue weighted by atomic mass is 9.44. The van der Waals surface area contributed by atoms with E-state index >= 15 is 0 Å². The standard InChI is InChI=1S/C31H49NO2/c1-29-9-10-31(34,18-32-17-25-21-12-19-11-20(14-21)15-22(25)13-19)16-23(29)3-4-24-26-5-6-28(33)30(26,2)8-7-27(24)29/h19-27,32,34H,3-18H2,1-2H3/t19?,20?,21?,22?,23-,24-,25?,26-,27-,29-,30-,31+/m0/s1. The molecule has 2 N–H and O–H groups in total. The van der Waals surface area contributed by atoms with Crippen LogP contribution in [0, 0.1) is 64.1 Å². The lowest BCUT2D eigenvalue weighted by Crippen LogP contribution is -2.58. The van der Waals surface area contributed by atoms with Gasteiger partial charge in [0, 0.05) is 18.4 Å². The van der Waals surface area contributed by atoms with Crippen LogP contribution in [0.5, 0.6) is 0 Å². The van der Waals surface area contributed by atoms with Gasteiger partial charge in [-0.25, -0.2) is 0 Å². The van der Waals surface area contributed by atoms with Gasteiger partial charge in [0.05, 0.1) is 5.60 Å². The summed E-state index contributed by atoms with van der Waals surface area (Å²) in [6.07, 6.45) is 17.6. The maximum absolute atomic E-state index is 12.7. The van der Waals surface area contributed by atoms with Crippen molar-refractivity contribution < 1.29 is 9.90 Å². The van der Waals surface area contributed by atoms with Crippen molar-refractivity contribution in [1.29, 1.82) is 0 Å². The third-order valence-electron chi connectivity index (χ3n) is 13.8. The maximum atomic E-state index is 12.7. The van der Waals surface area contributed by atoms with Gasteiger partial charge in [-0.1, -0.05) is 13.8 Å². The zero-order chi connectivity index (χ0) is 23.3. The Labute approximate surface area is 207 Å². The summed E-state index contributed by atoms with van der Waals surface area (Å²) < 4.78 is 0. The predicted molar refractivity (Wildman–Crippen MR) is 135 cm³/mol. The van der Waals surface area contributed by atoms with E-state index in [0.29, 0.717) is 23.0 Å². The number of rotatable bonds is 4. The van der Waals surface area contributed by atoms with Crippen LogP contribution in [0.25, 0.3) is 0 Å². The summed E-state index contributed by atoms with van der Waals surface area (Å²) in [7, 11) is 0. The molecule has 8 rings (SSSR count). The van der Waals surface area contributed by atoms with Crippen molar-refractivity contribution in [3.63, 3.8) is 0 Å². The monoisotopic (exact) mass is 467 g/mol. The number of carbonyl (C=O) groups is 1. The van der Waals surface area contributed by atoms with Gasteiger partial charge < -0.3 is 10.4 Å². The molecule has 0 spiro atoms. The lowest BCUT2D eigenvalue weighted by Gasteiger charge is -2.61. The molecule has 34 heavy (non-hydrogen) atoms. The average molecular weight is 468 g/mol. The van der Waals surface area contributed by atoms with Crippen molar-refractivity contribution in [3.05, 3.63) is 0 Å². The van der Waals surface area contributed by atoms with Crippen molar-refractivity contribution in [1.82, 2.24) is 5.32 Å². The quantitative estimate of drug-likeness (QED) is 0.534. The highest BCUT2D eigenvalue weighted by molar-refractivity contribution is 5.87. The largest absolute Gasteiger partial charge is 0.389 e. The van der Waals surface area contributed by atoms with Gasteiger partial charge in [0.15, 0.2) is 0 Å². The first-order valence-electron chi connectivity index (χ1n) is 15.2. The summed E-state index contributed by atoms with van der Waals surface area (Å²) >= 11 is 0. The smallest absolute Gasteiger partial charge is 0.139 e. The maximum Gasteiger partial charge on any atom is 0.139 e. The molecule has 3 nitrogen and oxygen atoms in total. The van der Waals surface area contributed by atoms with Crippen LogP contribution in [0.15, 0.2) is 0 Å². The van der Waals surface area contributed by atoms with Crippen LogP contribution in [0.3, 0.4) is 0 Å². The van der Waals surface area contributed by atoms with Gasteiger partial charge >= 0.3 is 0 Å². The van der Waals surface area contributed by atoms with Crippen molar-refractivity contribution >= 4 is 5.78 Å². The molecule has 0 radical (unpaired) electrons. The Bertz CT molecular complexity index is 811. The summed E-state index contributed by atoms with van der Waals surface area (Å²) in [6, 6.07) is 0. The average Bonchev–Trinajstić information content (AvgIpc) is 3.10. The van der Waals surface area contributed by atoms with Crippen LogP contribution in [-0.2, 0) is 4.79 Å². The van der Waals surface area contributed by atoms with Gasteiger partial charge in [0.2, 0.25) is 0 Å². The zero-order valence-electron chi connectivity index (χ0n) is 21.9. The predicted octanol–water partition coefficient (Wildman–Crippen LogP) is 5.99. The first-order valence-corrected chi connectivity index (χ1v) is 15.2. The van der Waals surface area contributed by atoms with Crippen LogP contribution in [-0.4, -0.2) is 29.6 Å². The lowest BCUT2D eigenvalue weighted by molar-refractivity contribution is -0.153. The summed E-state index contributed by atoms with van der Waals surface area (Å²) in [5.74, 6) is 8.33. The molecule has 8 aliphatic rings. The molecule has 3 heteroatoms. The molecule has 0 aromatic heterocycles. The summed E-state index contributed by atoms with van der Waals surface area (Å²) in [5.41, 5.74) is -0.138. The Balaban J connectivity index is 0.986. The fourth-order valence-electron chi connectivity index (χ4n) is 12.1. The molecule has 0 amide bonds. The second kappa shape index (κ2) is 7.80. The second-order valence-electron chi connectivity index (χ2n) is 15.2. The number of Topliss-reactive ketones (excluding diaryl/α,β-unsaturated/α-hetero) is 1. The van der Waals surface area contributed by atoms with Crippen molar-refractivity contribution in [2.75, 3.05) is 13.1 Å². The first-order chi connectivity index (χ1) is 16.3. The SMILES string of the molecule is C[C@]12CC[C@](O)(CNCC3C4CC5CC(C4)CC3C5)C[C@@H]1CC[C@@H]1[C@@H]2CC[C@]2(C)C(=O)CC[C@@H]12. The molecule has 8 aliphatic carbocycles. The Hall–Kier alpha value is -0.410. The number of aliphatic hydroxyl groups is 1. The molecule has 8 saturated carbocycles. The van der Waals surface area contributed by atoms with E-state index in [1.165, 1.54) is 57.8 Å². The Morgan fingerprint density at radius 3 is 2.35 bits per heavy atom. The molecule has 7 atom stereocenters. The number of nitrogens with one attached hydrogen (secondary N) is 1. The van der Waals surface area contributed by atoms with Crippen LogP contribution < -0.4 is 5.32 Å². The van der Waals surface area contributed by atoms with Gasteiger partial charge in [0.1, 0.15) is 5.78 Å². The minimum atomic E-state index is -0.505.